The zero-order chi connectivity index (χ0) is 14.0. The highest BCUT2D eigenvalue weighted by Gasteiger charge is 2.27. The molecule has 0 spiro atoms. The van der Waals surface area contributed by atoms with Crippen molar-refractivity contribution in [1.82, 2.24) is 10.0 Å². The topological polar surface area (TPSA) is 58.2 Å². The third-order valence-corrected chi connectivity index (χ3v) is 5.33. The lowest BCUT2D eigenvalue weighted by atomic mass is 10.0. The van der Waals surface area contributed by atoms with E-state index in [0.29, 0.717) is 4.90 Å². The summed E-state index contributed by atoms with van der Waals surface area (Å²) < 4.78 is 27.8. The molecular formula is C14H23ClN2O2S. The van der Waals surface area contributed by atoms with Crippen molar-refractivity contribution in [1.29, 1.82) is 0 Å². The lowest BCUT2D eigenvalue weighted by Gasteiger charge is -2.30. The summed E-state index contributed by atoms with van der Waals surface area (Å²) in [5.74, 6) is 0. The Balaban J connectivity index is 0.00000200. The number of halogens is 1. The first-order chi connectivity index (χ1) is 8.90. The molecule has 20 heavy (non-hydrogen) atoms. The number of aryl methyl sites for hydroxylation is 2. The first kappa shape index (κ1) is 17.4. The SMILES string of the molecule is Cc1ccc(C)c(S(=O)(=O)NC2CCCNC2C)c1.Cl. The maximum absolute atomic E-state index is 12.5. The van der Waals surface area contributed by atoms with E-state index in [0.717, 1.165) is 30.5 Å². The van der Waals surface area contributed by atoms with Gasteiger partial charge in [-0.2, -0.15) is 0 Å². The van der Waals surface area contributed by atoms with Crippen LogP contribution in [0.1, 0.15) is 30.9 Å². The molecule has 0 bridgehead atoms. The van der Waals surface area contributed by atoms with Crippen molar-refractivity contribution < 1.29 is 8.42 Å². The van der Waals surface area contributed by atoms with Gasteiger partial charge in [-0.3, -0.25) is 0 Å². The van der Waals surface area contributed by atoms with E-state index >= 15 is 0 Å². The van der Waals surface area contributed by atoms with Crippen molar-refractivity contribution in [3.05, 3.63) is 29.3 Å². The van der Waals surface area contributed by atoms with E-state index in [2.05, 4.69) is 10.0 Å². The monoisotopic (exact) mass is 318 g/mol. The molecule has 0 aromatic heterocycles. The fraction of sp³-hybridized carbons (Fsp3) is 0.571. The minimum Gasteiger partial charge on any atom is -0.313 e. The van der Waals surface area contributed by atoms with E-state index in [1.54, 1.807) is 6.07 Å². The molecule has 1 fully saturated rings. The van der Waals surface area contributed by atoms with Gasteiger partial charge in [-0.25, -0.2) is 13.1 Å². The summed E-state index contributed by atoms with van der Waals surface area (Å²) in [7, 11) is -3.44. The van der Waals surface area contributed by atoms with Gasteiger partial charge in [-0.15, -0.1) is 12.4 Å². The molecule has 0 amide bonds. The van der Waals surface area contributed by atoms with Gasteiger partial charge in [0.15, 0.2) is 0 Å². The second-order valence-electron chi connectivity index (χ2n) is 5.38. The van der Waals surface area contributed by atoms with Crippen LogP contribution in [0, 0.1) is 13.8 Å². The van der Waals surface area contributed by atoms with Crippen LogP contribution in [0.3, 0.4) is 0 Å². The number of benzene rings is 1. The Morgan fingerprint density at radius 2 is 2.00 bits per heavy atom. The van der Waals surface area contributed by atoms with Gasteiger partial charge in [0.25, 0.3) is 0 Å². The molecule has 2 unspecified atom stereocenters. The van der Waals surface area contributed by atoms with Crippen LogP contribution in [0.15, 0.2) is 23.1 Å². The quantitative estimate of drug-likeness (QED) is 0.897. The average molecular weight is 319 g/mol. The van der Waals surface area contributed by atoms with Crippen LogP contribution in [-0.2, 0) is 10.0 Å². The van der Waals surface area contributed by atoms with Crippen LogP contribution in [-0.4, -0.2) is 27.0 Å². The summed E-state index contributed by atoms with van der Waals surface area (Å²) in [6.07, 6.45) is 1.89. The molecule has 1 aliphatic rings. The molecule has 1 aromatic carbocycles. The minimum atomic E-state index is -3.44. The van der Waals surface area contributed by atoms with E-state index in [-0.39, 0.29) is 24.5 Å². The lowest BCUT2D eigenvalue weighted by molar-refractivity contribution is 0.348. The highest BCUT2D eigenvalue weighted by Crippen LogP contribution is 2.19. The predicted octanol–water partition coefficient (Wildman–Crippen LogP) is 2.14. The van der Waals surface area contributed by atoms with Crippen molar-refractivity contribution in [2.75, 3.05) is 6.54 Å². The molecule has 2 N–H and O–H groups in total. The second kappa shape index (κ2) is 6.89. The number of sulfonamides is 1. The fourth-order valence-corrected chi connectivity index (χ4v) is 4.15. The standard InChI is InChI=1S/C14H22N2O2S.ClH/c1-10-6-7-11(2)14(9-10)19(17,18)16-13-5-4-8-15-12(13)3;/h6-7,9,12-13,15-16H,4-5,8H2,1-3H3;1H. The molecule has 6 heteroatoms. The van der Waals surface area contributed by atoms with E-state index in [4.69, 9.17) is 0 Å². The Morgan fingerprint density at radius 3 is 2.65 bits per heavy atom. The van der Waals surface area contributed by atoms with Crippen LogP contribution >= 0.6 is 12.4 Å². The smallest absolute Gasteiger partial charge is 0.241 e. The van der Waals surface area contributed by atoms with Crippen LogP contribution < -0.4 is 10.0 Å². The van der Waals surface area contributed by atoms with E-state index in [9.17, 15) is 8.42 Å². The van der Waals surface area contributed by atoms with Gasteiger partial charge in [0, 0.05) is 12.1 Å². The molecule has 0 radical (unpaired) electrons. The normalized spacial score (nSPS) is 23.1. The zero-order valence-corrected chi connectivity index (χ0v) is 13.8. The van der Waals surface area contributed by atoms with Crippen molar-refractivity contribution >= 4 is 22.4 Å². The number of hydrogen-bond acceptors (Lipinski definition) is 3. The molecule has 1 aromatic rings. The maximum Gasteiger partial charge on any atom is 0.241 e. The summed E-state index contributed by atoms with van der Waals surface area (Å²) in [6.45, 7) is 6.72. The van der Waals surface area contributed by atoms with Gasteiger partial charge < -0.3 is 5.32 Å². The Morgan fingerprint density at radius 1 is 1.30 bits per heavy atom. The molecule has 4 nitrogen and oxygen atoms in total. The molecule has 2 rings (SSSR count). The maximum atomic E-state index is 12.5. The van der Waals surface area contributed by atoms with Gasteiger partial charge in [0.1, 0.15) is 0 Å². The number of piperidine rings is 1. The Kier molecular flexibility index (Phi) is 6.01. The van der Waals surface area contributed by atoms with Crippen molar-refractivity contribution in [3.63, 3.8) is 0 Å². The Labute approximate surface area is 127 Å². The summed E-state index contributed by atoms with van der Waals surface area (Å²) in [6, 6.07) is 5.66. The third-order valence-electron chi connectivity index (χ3n) is 3.70. The summed E-state index contributed by atoms with van der Waals surface area (Å²) in [5.41, 5.74) is 1.75. The summed E-state index contributed by atoms with van der Waals surface area (Å²) in [4.78, 5) is 0.394. The molecule has 0 saturated carbocycles. The third kappa shape index (κ3) is 3.95. The van der Waals surface area contributed by atoms with Crippen LogP contribution in [0.2, 0.25) is 0 Å². The highest BCUT2D eigenvalue weighted by molar-refractivity contribution is 7.89. The predicted molar refractivity (Wildman–Crippen MR) is 84.0 cm³/mol. The number of nitrogens with one attached hydrogen (secondary N) is 2. The number of rotatable bonds is 3. The van der Waals surface area contributed by atoms with Gasteiger partial charge in [-0.05, 0) is 57.4 Å². The van der Waals surface area contributed by atoms with Crippen molar-refractivity contribution in [2.45, 2.75) is 50.6 Å². The lowest BCUT2D eigenvalue weighted by Crippen LogP contribution is -2.51. The largest absolute Gasteiger partial charge is 0.313 e. The molecule has 1 aliphatic heterocycles. The van der Waals surface area contributed by atoms with E-state index < -0.39 is 10.0 Å². The van der Waals surface area contributed by atoms with Crippen molar-refractivity contribution in [3.8, 4) is 0 Å². The van der Waals surface area contributed by atoms with Crippen LogP contribution in [0.5, 0.6) is 0 Å². The molecular weight excluding hydrogens is 296 g/mol. The van der Waals surface area contributed by atoms with Crippen LogP contribution in [0.25, 0.3) is 0 Å². The van der Waals surface area contributed by atoms with Gasteiger partial charge >= 0.3 is 0 Å². The first-order valence-corrected chi connectivity index (χ1v) is 8.21. The second-order valence-corrected chi connectivity index (χ2v) is 7.06. The fourth-order valence-electron chi connectivity index (χ4n) is 2.46. The summed E-state index contributed by atoms with van der Waals surface area (Å²) in [5, 5.41) is 3.31. The van der Waals surface area contributed by atoms with Crippen molar-refractivity contribution in [2.24, 2.45) is 0 Å². The molecule has 114 valence electrons. The minimum absolute atomic E-state index is 0. The molecule has 0 aliphatic carbocycles. The molecule has 1 saturated heterocycles. The van der Waals surface area contributed by atoms with Crippen LogP contribution in [0.4, 0.5) is 0 Å². The number of hydrogen-bond donors (Lipinski definition) is 2. The average Bonchev–Trinajstić information content (AvgIpc) is 2.35. The summed E-state index contributed by atoms with van der Waals surface area (Å²) >= 11 is 0. The highest BCUT2D eigenvalue weighted by atomic mass is 35.5. The van der Waals surface area contributed by atoms with Gasteiger partial charge in [0.05, 0.1) is 4.90 Å². The van der Waals surface area contributed by atoms with E-state index in [1.165, 1.54) is 0 Å². The molecule has 2 atom stereocenters. The van der Waals surface area contributed by atoms with Gasteiger partial charge in [-0.1, -0.05) is 12.1 Å². The Bertz CT molecular complexity index is 560. The zero-order valence-electron chi connectivity index (χ0n) is 12.1. The first-order valence-electron chi connectivity index (χ1n) is 6.73. The molecule has 1 heterocycles. The Hall–Kier alpha value is -0.620. The van der Waals surface area contributed by atoms with E-state index in [1.807, 2.05) is 32.9 Å². The van der Waals surface area contributed by atoms with Gasteiger partial charge in [0.2, 0.25) is 10.0 Å².